The van der Waals surface area contributed by atoms with Crippen molar-refractivity contribution in [3.63, 3.8) is 0 Å². The van der Waals surface area contributed by atoms with Crippen molar-refractivity contribution in [2.75, 3.05) is 39.3 Å². The summed E-state index contributed by atoms with van der Waals surface area (Å²) in [4.78, 5) is 15.3. The van der Waals surface area contributed by atoms with Gasteiger partial charge in [0.2, 0.25) is 0 Å². The van der Waals surface area contributed by atoms with Crippen LogP contribution >= 0.6 is 11.3 Å². The number of piperazine rings is 1. The van der Waals surface area contributed by atoms with Crippen LogP contribution in [-0.4, -0.2) is 50.1 Å². The zero-order valence-electron chi connectivity index (χ0n) is 12.6. The van der Waals surface area contributed by atoms with Crippen LogP contribution in [0.3, 0.4) is 0 Å². The van der Waals surface area contributed by atoms with Gasteiger partial charge in [0, 0.05) is 49.4 Å². The smallest absolute Gasteiger partial charge is 0.261 e. The van der Waals surface area contributed by atoms with Crippen LogP contribution in [0, 0.1) is 12.7 Å². The molecule has 6 heteroatoms. The Balaban J connectivity index is 1.65. The standard InChI is InChI=1S/C16H20FN3OS/c1-11-14-12(17)3-2-4-13(14)22-15(11)16(21)19-7-10-20-8-5-18-6-9-20/h2-4,18H,5-10H2,1H3,(H,19,21). The van der Waals surface area contributed by atoms with Crippen LogP contribution in [0.15, 0.2) is 18.2 Å². The number of thiophene rings is 1. The molecule has 1 saturated heterocycles. The van der Waals surface area contributed by atoms with Crippen LogP contribution in [0.5, 0.6) is 0 Å². The Kier molecular flexibility index (Phi) is 4.71. The normalized spacial score (nSPS) is 16.1. The maximum atomic E-state index is 13.9. The zero-order valence-corrected chi connectivity index (χ0v) is 13.4. The summed E-state index contributed by atoms with van der Waals surface area (Å²) in [5.41, 5.74) is 0.734. The number of hydrogen-bond acceptors (Lipinski definition) is 4. The summed E-state index contributed by atoms with van der Waals surface area (Å²) in [7, 11) is 0. The van der Waals surface area contributed by atoms with E-state index in [9.17, 15) is 9.18 Å². The summed E-state index contributed by atoms with van der Waals surface area (Å²) < 4.78 is 14.7. The van der Waals surface area contributed by atoms with Gasteiger partial charge in [-0.05, 0) is 24.6 Å². The highest BCUT2D eigenvalue weighted by Crippen LogP contribution is 2.32. The number of nitrogens with one attached hydrogen (secondary N) is 2. The number of aryl methyl sites for hydroxylation is 1. The predicted molar refractivity (Wildman–Crippen MR) is 88.2 cm³/mol. The lowest BCUT2D eigenvalue weighted by atomic mass is 10.1. The average molecular weight is 321 g/mol. The molecule has 1 aromatic heterocycles. The number of rotatable bonds is 4. The highest BCUT2D eigenvalue weighted by Gasteiger charge is 2.17. The van der Waals surface area contributed by atoms with Gasteiger partial charge in [-0.25, -0.2) is 4.39 Å². The zero-order chi connectivity index (χ0) is 15.5. The highest BCUT2D eigenvalue weighted by molar-refractivity contribution is 7.21. The number of amides is 1. The SMILES string of the molecule is Cc1c(C(=O)NCCN2CCNCC2)sc2cccc(F)c12. The van der Waals surface area contributed by atoms with Crippen LogP contribution in [0.2, 0.25) is 0 Å². The minimum Gasteiger partial charge on any atom is -0.350 e. The highest BCUT2D eigenvalue weighted by atomic mass is 32.1. The average Bonchev–Trinajstić information content (AvgIpc) is 2.87. The molecule has 22 heavy (non-hydrogen) atoms. The van der Waals surface area contributed by atoms with Gasteiger partial charge in [-0.3, -0.25) is 9.69 Å². The van der Waals surface area contributed by atoms with Crippen molar-refractivity contribution in [1.82, 2.24) is 15.5 Å². The topological polar surface area (TPSA) is 44.4 Å². The van der Waals surface area contributed by atoms with Gasteiger partial charge in [-0.1, -0.05) is 6.07 Å². The molecule has 0 unspecified atom stereocenters. The molecule has 2 aromatic rings. The summed E-state index contributed by atoms with van der Waals surface area (Å²) in [6.07, 6.45) is 0. The van der Waals surface area contributed by atoms with Crippen LogP contribution in [0.25, 0.3) is 10.1 Å². The Bertz CT molecular complexity index is 679. The molecule has 1 amide bonds. The van der Waals surface area contributed by atoms with Crippen LogP contribution in [0.4, 0.5) is 4.39 Å². The number of nitrogens with zero attached hydrogens (tertiary/aromatic N) is 1. The molecule has 1 aliphatic heterocycles. The third kappa shape index (κ3) is 3.14. The van der Waals surface area contributed by atoms with Gasteiger partial charge in [-0.2, -0.15) is 0 Å². The third-order valence-corrected chi connectivity index (χ3v) is 5.29. The Morgan fingerprint density at radius 2 is 2.18 bits per heavy atom. The van der Waals surface area contributed by atoms with Crippen molar-refractivity contribution >= 4 is 27.3 Å². The predicted octanol–water partition coefficient (Wildman–Crippen LogP) is 1.98. The van der Waals surface area contributed by atoms with Gasteiger partial charge >= 0.3 is 0 Å². The number of halogens is 1. The molecule has 2 heterocycles. The van der Waals surface area contributed by atoms with E-state index < -0.39 is 0 Å². The molecule has 0 aliphatic carbocycles. The number of hydrogen-bond donors (Lipinski definition) is 2. The maximum absolute atomic E-state index is 13.9. The Morgan fingerprint density at radius 3 is 2.91 bits per heavy atom. The molecule has 0 bridgehead atoms. The van der Waals surface area contributed by atoms with E-state index in [0.717, 1.165) is 43.0 Å². The van der Waals surface area contributed by atoms with Crippen LogP contribution in [-0.2, 0) is 0 Å². The fourth-order valence-electron chi connectivity index (χ4n) is 2.81. The van der Waals surface area contributed by atoms with Gasteiger partial charge in [0.1, 0.15) is 5.82 Å². The fraction of sp³-hybridized carbons (Fsp3) is 0.438. The van der Waals surface area contributed by atoms with Crippen molar-refractivity contribution in [3.05, 3.63) is 34.5 Å². The number of carbonyl (C=O) groups excluding carboxylic acids is 1. The van der Waals surface area contributed by atoms with E-state index in [1.807, 2.05) is 13.0 Å². The van der Waals surface area contributed by atoms with Crippen LogP contribution in [0.1, 0.15) is 15.2 Å². The van der Waals surface area contributed by atoms with Gasteiger partial charge < -0.3 is 10.6 Å². The lowest BCUT2D eigenvalue weighted by Gasteiger charge is -2.27. The molecule has 0 saturated carbocycles. The molecule has 1 aromatic carbocycles. The Hall–Kier alpha value is -1.50. The van der Waals surface area contributed by atoms with E-state index in [4.69, 9.17) is 0 Å². The molecule has 3 rings (SSSR count). The number of fused-ring (bicyclic) bond motifs is 1. The minimum atomic E-state index is -0.258. The maximum Gasteiger partial charge on any atom is 0.261 e. The second-order valence-corrected chi connectivity index (χ2v) is 6.57. The van der Waals surface area contributed by atoms with Crippen molar-refractivity contribution in [1.29, 1.82) is 0 Å². The quantitative estimate of drug-likeness (QED) is 0.905. The van der Waals surface area contributed by atoms with E-state index in [1.165, 1.54) is 17.4 Å². The second kappa shape index (κ2) is 6.73. The summed E-state index contributed by atoms with van der Waals surface area (Å²) in [6.45, 7) is 7.32. The first-order valence-corrected chi connectivity index (χ1v) is 8.37. The lowest BCUT2D eigenvalue weighted by Crippen LogP contribution is -2.46. The van der Waals surface area contributed by atoms with Gasteiger partial charge in [0.15, 0.2) is 0 Å². The van der Waals surface area contributed by atoms with E-state index in [2.05, 4.69) is 15.5 Å². The summed E-state index contributed by atoms with van der Waals surface area (Å²) in [5, 5.41) is 6.83. The molecule has 118 valence electrons. The van der Waals surface area contributed by atoms with E-state index in [-0.39, 0.29) is 11.7 Å². The van der Waals surface area contributed by atoms with Crippen molar-refractivity contribution in [2.24, 2.45) is 0 Å². The van der Waals surface area contributed by atoms with Crippen LogP contribution < -0.4 is 10.6 Å². The minimum absolute atomic E-state index is 0.103. The first-order valence-electron chi connectivity index (χ1n) is 7.55. The van der Waals surface area contributed by atoms with E-state index >= 15 is 0 Å². The molecule has 4 nitrogen and oxygen atoms in total. The Labute approximate surface area is 133 Å². The monoisotopic (exact) mass is 321 g/mol. The van der Waals surface area contributed by atoms with Crippen molar-refractivity contribution in [2.45, 2.75) is 6.92 Å². The largest absolute Gasteiger partial charge is 0.350 e. The summed E-state index contributed by atoms with van der Waals surface area (Å²) in [5.74, 6) is -0.362. The number of benzene rings is 1. The van der Waals surface area contributed by atoms with Gasteiger partial charge in [0.25, 0.3) is 5.91 Å². The number of carbonyl (C=O) groups is 1. The Morgan fingerprint density at radius 1 is 1.41 bits per heavy atom. The molecular weight excluding hydrogens is 301 g/mol. The molecule has 2 N–H and O–H groups in total. The van der Waals surface area contributed by atoms with Gasteiger partial charge in [0.05, 0.1) is 4.88 Å². The summed E-state index contributed by atoms with van der Waals surface area (Å²) >= 11 is 1.36. The molecule has 0 spiro atoms. The molecular formula is C16H20FN3OS. The molecule has 1 fully saturated rings. The first-order chi connectivity index (χ1) is 10.7. The van der Waals surface area contributed by atoms with E-state index in [1.54, 1.807) is 6.07 Å². The second-order valence-electron chi connectivity index (χ2n) is 5.52. The lowest BCUT2D eigenvalue weighted by molar-refractivity contribution is 0.0951. The summed E-state index contributed by atoms with van der Waals surface area (Å²) in [6, 6.07) is 4.97. The molecule has 0 radical (unpaired) electrons. The van der Waals surface area contributed by atoms with Crippen molar-refractivity contribution < 1.29 is 9.18 Å². The third-order valence-electron chi connectivity index (χ3n) is 4.03. The van der Waals surface area contributed by atoms with Gasteiger partial charge in [-0.15, -0.1) is 11.3 Å². The van der Waals surface area contributed by atoms with Crippen molar-refractivity contribution in [3.8, 4) is 0 Å². The molecule has 0 atom stereocenters. The van der Waals surface area contributed by atoms with E-state index in [0.29, 0.717) is 16.8 Å². The fourth-order valence-corrected chi connectivity index (χ4v) is 3.95. The molecule has 1 aliphatic rings. The first kappa shape index (κ1) is 15.4.